The largest absolute Gasteiger partial charge is 0.456 e. The zero-order valence-electron chi connectivity index (χ0n) is 6.29. The maximum atomic E-state index is 12.2. The lowest BCUT2D eigenvalue weighted by atomic mass is 10.1. The maximum Gasteiger partial charge on any atom is 0.456 e. The van der Waals surface area contributed by atoms with E-state index in [1.54, 1.807) is 0 Å². The normalized spacial score (nSPS) is 12.4. The van der Waals surface area contributed by atoms with Crippen LogP contribution in [0.2, 0.25) is 0 Å². The average Bonchev–Trinajstić information content (AvgIpc) is 1.99. The van der Waals surface area contributed by atoms with Crippen LogP contribution in [0.3, 0.4) is 0 Å². The first-order valence-electron chi connectivity index (χ1n) is 2.90. The highest BCUT2D eigenvalue weighted by Crippen LogP contribution is 2.30. The lowest BCUT2D eigenvalue weighted by molar-refractivity contribution is -0.195. The number of allylic oxidation sites excluding steroid dienone is 1. The summed E-state index contributed by atoms with van der Waals surface area (Å²) < 4.78 is 70.6. The van der Waals surface area contributed by atoms with Crippen molar-refractivity contribution in [2.75, 3.05) is 0 Å². The first-order chi connectivity index (χ1) is 6.01. The van der Waals surface area contributed by atoms with Crippen LogP contribution < -0.4 is 0 Å². The van der Waals surface area contributed by atoms with Gasteiger partial charge in [-0.2, -0.15) is 22.0 Å². The van der Waals surface area contributed by atoms with Crippen molar-refractivity contribution in [3.8, 4) is 0 Å². The zero-order valence-corrected chi connectivity index (χ0v) is 6.29. The summed E-state index contributed by atoms with van der Waals surface area (Å²) in [7, 11) is 0. The van der Waals surface area contributed by atoms with E-state index < -0.39 is 29.5 Å². The summed E-state index contributed by atoms with van der Waals surface area (Å²) >= 11 is 0. The second-order valence-electron chi connectivity index (χ2n) is 2.14. The predicted octanol–water partition coefficient (Wildman–Crippen LogP) is 1.81. The highest BCUT2D eigenvalue weighted by molar-refractivity contribution is 6.16. The van der Waals surface area contributed by atoms with Crippen LogP contribution in [-0.2, 0) is 9.59 Å². The molecule has 0 aliphatic heterocycles. The summed E-state index contributed by atoms with van der Waals surface area (Å²) in [6.07, 6.45) is -5.91. The number of halogens is 6. The van der Waals surface area contributed by atoms with Gasteiger partial charge in [0.05, 0.1) is 0 Å². The van der Waals surface area contributed by atoms with E-state index in [1.165, 1.54) is 0 Å². The fraction of sp³-hybridized carbons (Fsp3) is 0.333. The molecular formula is C6H2F6O2. The fourth-order valence-electron chi connectivity index (χ4n) is 0.451. The number of alkyl halides is 5. The molecule has 0 N–H and O–H groups in total. The Balaban J connectivity index is 5.08. The molecule has 0 atom stereocenters. The van der Waals surface area contributed by atoms with Crippen LogP contribution in [0.4, 0.5) is 26.3 Å². The molecular weight excluding hydrogens is 218 g/mol. The Morgan fingerprint density at radius 3 is 1.57 bits per heavy atom. The van der Waals surface area contributed by atoms with Gasteiger partial charge in [-0.1, -0.05) is 6.58 Å². The Hall–Kier alpha value is -1.34. The van der Waals surface area contributed by atoms with Gasteiger partial charge in [0.2, 0.25) is 0 Å². The molecule has 0 amide bonds. The lowest BCUT2D eigenvalue weighted by Gasteiger charge is -2.13. The Kier molecular flexibility index (Phi) is 3.10. The fourth-order valence-corrected chi connectivity index (χ4v) is 0.451. The van der Waals surface area contributed by atoms with Gasteiger partial charge >= 0.3 is 17.9 Å². The molecule has 2 nitrogen and oxygen atoms in total. The molecule has 0 heterocycles. The van der Waals surface area contributed by atoms with Crippen LogP contribution in [-0.4, -0.2) is 23.7 Å². The van der Waals surface area contributed by atoms with Crippen molar-refractivity contribution in [1.82, 2.24) is 0 Å². The minimum Gasteiger partial charge on any atom is -0.284 e. The number of hydrogen-bond acceptors (Lipinski definition) is 2. The van der Waals surface area contributed by atoms with Gasteiger partial charge in [0.25, 0.3) is 5.78 Å². The summed E-state index contributed by atoms with van der Waals surface area (Å²) in [5.74, 6) is -14.3. The highest BCUT2D eigenvalue weighted by Gasteiger charge is 2.60. The van der Waals surface area contributed by atoms with Gasteiger partial charge in [-0.05, 0) is 0 Å². The Bertz CT molecular complexity index is 289. The molecule has 0 spiro atoms. The third-order valence-electron chi connectivity index (χ3n) is 1.07. The molecule has 8 heteroatoms. The van der Waals surface area contributed by atoms with Crippen LogP contribution in [0.5, 0.6) is 0 Å². The molecule has 0 aliphatic rings. The summed E-state index contributed by atoms with van der Waals surface area (Å²) in [6.45, 7) is 2.07. The average molecular weight is 220 g/mol. The molecule has 0 fully saturated rings. The second kappa shape index (κ2) is 3.43. The van der Waals surface area contributed by atoms with Crippen molar-refractivity contribution in [1.29, 1.82) is 0 Å². The van der Waals surface area contributed by atoms with E-state index in [1.807, 2.05) is 0 Å². The van der Waals surface area contributed by atoms with Gasteiger partial charge < -0.3 is 0 Å². The second-order valence-corrected chi connectivity index (χ2v) is 2.14. The van der Waals surface area contributed by atoms with Crippen molar-refractivity contribution in [3.05, 3.63) is 12.4 Å². The Morgan fingerprint density at radius 2 is 1.36 bits per heavy atom. The monoisotopic (exact) mass is 220 g/mol. The number of ketones is 2. The van der Waals surface area contributed by atoms with E-state index in [9.17, 15) is 35.9 Å². The van der Waals surface area contributed by atoms with Crippen molar-refractivity contribution in [2.45, 2.75) is 12.1 Å². The van der Waals surface area contributed by atoms with Crippen molar-refractivity contribution >= 4 is 11.6 Å². The minimum atomic E-state index is -5.91. The summed E-state index contributed by atoms with van der Waals surface area (Å²) in [6, 6.07) is 0. The van der Waals surface area contributed by atoms with Gasteiger partial charge in [-0.3, -0.25) is 9.59 Å². The number of carbonyl (C=O) groups is 2. The van der Waals surface area contributed by atoms with Crippen LogP contribution >= 0.6 is 0 Å². The molecule has 0 bridgehead atoms. The molecule has 0 unspecified atom stereocenters. The first kappa shape index (κ1) is 12.7. The molecule has 14 heavy (non-hydrogen) atoms. The summed E-state index contributed by atoms with van der Waals surface area (Å²) in [5.41, 5.74) is 0. The number of hydrogen-bond donors (Lipinski definition) is 0. The van der Waals surface area contributed by atoms with Gasteiger partial charge in [-0.15, -0.1) is 0 Å². The topological polar surface area (TPSA) is 34.1 Å². The highest BCUT2D eigenvalue weighted by atomic mass is 19.4. The van der Waals surface area contributed by atoms with E-state index in [2.05, 4.69) is 6.58 Å². The van der Waals surface area contributed by atoms with E-state index in [-0.39, 0.29) is 0 Å². The van der Waals surface area contributed by atoms with Crippen LogP contribution in [0.15, 0.2) is 12.4 Å². The van der Waals surface area contributed by atoms with E-state index in [4.69, 9.17) is 0 Å². The molecule has 80 valence electrons. The molecule has 0 aliphatic carbocycles. The number of carbonyl (C=O) groups excluding carboxylic acids is 2. The van der Waals surface area contributed by atoms with Crippen molar-refractivity contribution < 1.29 is 35.9 Å². The molecule has 0 rings (SSSR count). The number of rotatable bonds is 3. The van der Waals surface area contributed by atoms with E-state index in [0.717, 1.165) is 0 Å². The van der Waals surface area contributed by atoms with Gasteiger partial charge in [0.1, 0.15) is 0 Å². The molecule has 0 aromatic heterocycles. The number of Topliss-reactive ketones (excluding diaryl/α,β-unsaturated/α-hetero) is 2. The van der Waals surface area contributed by atoms with Crippen molar-refractivity contribution in [2.24, 2.45) is 0 Å². The zero-order chi connectivity index (χ0) is 11.7. The van der Waals surface area contributed by atoms with E-state index >= 15 is 0 Å². The Labute approximate surface area is 73.2 Å². The van der Waals surface area contributed by atoms with Crippen molar-refractivity contribution in [3.63, 3.8) is 0 Å². The molecule has 0 saturated heterocycles. The van der Waals surface area contributed by atoms with Gasteiger partial charge in [0.15, 0.2) is 5.83 Å². The summed E-state index contributed by atoms with van der Waals surface area (Å²) in [4.78, 5) is 20.0. The first-order valence-corrected chi connectivity index (χ1v) is 2.90. The quantitative estimate of drug-likeness (QED) is 0.413. The third-order valence-corrected chi connectivity index (χ3v) is 1.07. The standard InChI is InChI=1S/C6H2F6O2/c1-2(7)3(13)5(8,9)4(14)6(10,11)12/h1H2. The van der Waals surface area contributed by atoms with Crippen LogP contribution in [0.25, 0.3) is 0 Å². The Morgan fingerprint density at radius 1 is 1.00 bits per heavy atom. The third kappa shape index (κ3) is 2.33. The summed E-state index contributed by atoms with van der Waals surface area (Å²) in [5, 5.41) is 0. The smallest absolute Gasteiger partial charge is 0.284 e. The molecule has 0 aromatic rings. The predicted molar refractivity (Wildman–Crippen MR) is 31.3 cm³/mol. The van der Waals surface area contributed by atoms with Crippen LogP contribution in [0, 0.1) is 0 Å². The van der Waals surface area contributed by atoms with Gasteiger partial charge in [0, 0.05) is 0 Å². The molecule has 0 saturated carbocycles. The SMILES string of the molecule is C=C(F)C(=O)C(F)(F)C(=O)C(F)(F)F. The maximum absolute atomic E-state index is 12.2. The molecule has 0 radical (unpaired) electrons. The van der Waals surface area contributed by atoms with Crippen LogP contribution in [0.1, 0.15) is 0 Å². The minimum absolute atomic E-state index is 2.07. The lowest BCUT2D eigenvalue weighted by Crippen LogP contribution is -2.46. The van der Waals surface area contributed by atoms with Gasteiger partial charge in [-0.25, -0.2) is 4.39 Å². The molecule has 0 aromatic carbocycles. The van der Waals surface area contributed by atoms with E-state index in [0.29, 0.717) is 0 Å².